The van der Waals surface area contributed by atoms with E-state index >= 15 is 0 Å². The van der Waals surface area contributed by atoms with Gasteiger partial charge in [0.1, 0.15) is 11.8 Å². The summed E-state index contributed by atoms with van der Waals surface area (Å²) in [6, 6.07) is 4.17. The van der Waals surface area contributed by atoms with Gasteiger partial charge in [-0.25, -0.2) is 0 Å². The van der Waals surface area contributed by atoms with Crippen LogP contribution in [0.2, 0.25) is 0 Å². The summed E-state index contributed by atoms with van der Waals surface area (Å²) in [5.74, 6) is 0. The molecule has 0 radical (unpaired) electrons. The number of likely N-dealkylation sites (tertiary alicyclic amines) is 1. The summed E-state index contributed by atoms with van der Waals surface area (Å²) in [7, 11) is 1.91. The molecule has 0 unspecified atom stereocenters. The number of aromatic nitrogens is 1. The third kappa shape index (κ3) is 4.00. The summed E-state index contributed by atoms with van der Waals surface area (Å²) in [5, 5.41) is 19.0. The van der Waals surface area contributed by atoms with Crippen LogP contribution in [0.1, 0.15) is 44.4 Å². The number of aryl methyl sites for hydroxylation is 1. The molecule has 1 aromatic rings. The molecule has 120 valence electrons. The molecule has 4 heteroatoms. The Morgan fingerprint density at radius 1 is 1.50 bits per heavy atom. The summed E-state index contributed by atoms with van der Waals surface area (Å²) < 4.78 is 1.88. The zero-order chi connectivity index (χ0) is 16.2. The van der Waals surface area contributed by atoms with E-state index in [9.17, 15) is 5.11 Å². The Balaban J connectivity index is 2.05. The van der Waals surface area contributed by atoms with Crippen LogP contribution in [0.4, 0.5) is 0 Å². The molecule has 1 aliphatic rings. The van der Waals surface area contributed by atoms with Gasteiger partial charge in [0.15, 0.2) is 0 Å². The quantitative estimate of drug-likeness (QED) is 0.851. The highest BCUT2D eigenvalue weighted by atomic mass is 16.3. The van der Waals surface area contributed by atoms with Gasteiger partial charge in [0, 0.05) is 31.7 Å². The van der Waals surface area contributed by atoms with Gasteiger partial charge in [0.2, 0.25) is 0 Å². The molecule has 0 bridgehead atoms. The Labute approximate surface area is 133 Å². The highest BCUT2D eigenvalue weighted by Crippen LogP contribution is 2.34. The molecule has 0 spiro atoms. The summed E-state index contributed by atoms with van der Waals surface area (Å²) in [6.45, 7) is 7.30. The Morgan fingerprint density at radius 3 is 2.86 bits per heavy atom. The molecule has 1 saturated heterocycles. The molecular weight excluding hydrogens is 274 g/mol. The number of nitriles is 1. The van der Waals surface area contributed by atoms with Gasteiger partial charge in [-0.3, -0.25) is 4.90 Å². The van der Waals surface area contributed by atoms with Gasteiger partial charge in [0.25, 0.3) is 0 Å². The molecule has 1 aliphatic heterocycles. The van der Waals surface area contributed by atoms with E-state index in [0.29, 0.717) is 5.69 Å². The van der Waals surface area contributed by atoms with Gasteiger partial charge >= 0.3 is 0 Å². The summed E-state index contributed by atoms with van der Waals surface area (Å²) in [6.07, 6.45) is 7.43. The summed E-state index contributed by atoms with van der Waals surface area (Å²) in [5.41, 5.74) is 3.18. The Bertz CT molecular complexity index is 578. The van der Waals surface area contributed by atoms with Crippen molar-refractivity contribution in [1.82, 2.24) is 9.47 Å². The summed E-state index contributed by atoms with van der Waals surface area (Å²) in [4.78, 5) is 2.41. The van der Waals surface area contributed by atoms with Gasteiger partial charge in [-0.1, -0.05) is 11.6 Å². The first-order chi connectivity index (χ1) is 10.5. The molecular formula is C18H27N3O. The van der Waals surface area contributed by atoms with E-state index in [1.807, 2.05) is 23.9 Å². The highest BCUT2D eigenvalue weighted by Gasteiger charge is 2.34. The zero-order valence-electron chi connectivity index (χ0n) is 14.0. The molecule has 2 heterocycles. The second kappa shape index (κ2) is 7.13. The predicted molar refractivity (Wildman–Crippen MR) is 88.2 cm³/mol. The van der Waals surface area contributed by atoms with Gasteiger partial charge in [-0.05, 0) is 51.3 Å². The van der Waals surface area contributed by atoms with E-state index in [2.05, 4.69) is 30.9 Å². The van der Waals surface area contributed by atoms with Crippen LogP contribution in [-0.2, 0) is 13.6 Å². The van der Waals surface area contributed by atoms with Crippen molar-refractivity contribution < 1.29 is 5.11 Å². The van der Waals surface area contributed by atoms with Crippen molar-refractivity contribution in [3.63, 3.8) is 0 Å². The Kier molecular flexibility index (Phi) is 5.44. The number of rotatable bonds is 5. The normalized spacial score (nSPS) is 22.3. The second-order valence-corrected chi connectivity index (χ2v) is 6.91. The molecule has 1 aromatic heterocycles. The van der Waals surface area contributed by atoms with E-state index in [4.69, 9.17) is 5.26 Å². The van der Waals surface area contributed by atoms with Crippen molar-refractivity contribution >= 4 is 0 Å². The van der Waals surface area contributed by atoms with Crippen LogP contribution in [0.3, 0.4) is 0 Å². The van der Waals surface area contributed by atoms with E-state index in [1.54, 1.807) is 0 Å². The van der Waals surface area contributed by atoms with Crippen molar-refractivity contribution in [3.05, 3.63) is 35.2 Å². The van der Waals surface area contributed by atoms with Gasteiger partial charge in [0.05, 0.1) is 6.61 Å². The topological polar surface area (TPSA) is 52.2 Å². The maximum atomic E-state index is 9.92. The number of hydrogen-bond donors (Lipinski definition) is 1. The van der Waals surface area contributed by atoms with Crippen molar-refractivity contribution in [3.8, 4) is 6.07 Å². The molecule has 4 nitrogen and oxygen atoms in total. The van der Waals surface area contributed by atoms with Crippen molar-refractivity contribution in [1.29, 1.82) is 5.26 Å². The minimum Gasteiger partial charge on any atom is -0.396 e. The predicted octanol–water partition coefficient (Wildman–Crippen LogP) is 2.83. The summed E-state index contributed by atoms with van der Waals surface area (Å²) >= 11 is 0. The Hall–Kier alpha value is -1.57. The molecule has 0 aliphatic carbocycles. The van der Waals surface area contributed by atoms with Crippen LogP contribution in [-0.4, -0.2) is 34.3 Å². The largest absolute Gasteiger partial charge is 0.396 e. The van der Waals surface area contributed by atoms with Crippen LogP contribution in [0, 0.1) is 16.7 Å². The molecule has 1 N–H and O–H groups in total. The van der Waals surface area contributed by atoms with Crippen molar-refractivity contribution in [2.24, 2.45) is 12.5 Å². The standard InChI is InChI=1S/C18H27N3O/c1-15(2)5-7-18(14-22)6-4-8-21(13-18)12-16-9-17(10-19)20(3)11-16/h5,9,11,22H,4,6-8,12-14H2,1-3H3/t18-/m0/s1. The first-order valence-corrected chi connectivity index (χ1v) is 8.00. The first kappa shape index (κ1) is 16.8. The van der Waals surface area contributed by atoms with Crippen LogP contribution >= 0.6 is 0 Å². The second-order valence-electron chi connectivity index (χ2n) is 6.91. The molecule has 22 heavy (non-hydrogen) atoms. The van der Waals surface area contributed by atoms with Crippen LogP contribution < -0.4 is 0 Å². The Morgan fingerprint density at radius 2 is 2.27 bits per heavy atom. The molecule has 1 atom stereocenters. The van der Waals surface area contributed by atoms with Crippen LogP contribution in [0.5, 0.6) is 0 Å². The minimum atomic E-state index is -0.0115. The minimum absolute atomic E-state index is 0.0115. The highest BCUT2D eigenvalue weighted by molar-refractivity contribution is 5.28. The number of nitrogens with zero attached hydrogens (tertiary/aromatic N) is 3. The lowest BCUT2D eigenvalue weighted by Crippen LogP contribution is -2.44. The molecule has 1 fully saturated rings. The lowest BCUT2D eigenvalue weighted by Gasteiger charge is -2.41. The maximum absolute atomic E-state index is 9.92. The fraction of sp³-hybridized carbons (Fsp3) is 0.611. The first-order valence-electron chi connectivity index (χ1n) is 8.00. The zero-order valence-corrected chi connectivity index (χ0v) is 14.0. The average Bonchev–Trinajstić information content (AvgIpc) is 2.85. The fourth-order valence-corrected chi connectivity index (χ4v) is 3.31. The fourth-order valence-electron chi connectivity index (χ4n) is 3.31. The van der Waals surface area contributed by atoms with E-state index in [0.717, 1.165) is 38.9 Å². The van der Waals surface area contributed by atoms with Crippen molar-refractivity contribution in [2.45, 2.75) is 39.7 Å². The molecule has 0 saturated carbocycles. The van der Waals surface area contributed by atoms with E-state index in [-0.39, 0.29) is 12.0 Å². The van der Waals surface area contributed by atoms with Gasteiger partial charge in [-0.15, -0.1) is 0 Å². The lowest BCUT2D eigenvalue weighted by atomic mass is 9.77. The van der Waals surface area contributed by atoms with E-state index in [1.165, 1.54) is 11.1 Å². The monoisotopic (exact) mass is 301 g/mol. The van der Waals surface area contributed by atoms with Crippen LogP contribution in [0.15, 0.2) is 23.9 Å². The SMILES string of the molecule is CC(C)=CC[C@@]1(CO)CCCN(Cc2cc(C#N)n(C)c2)C1. The third-order valence-electron chi connectivity index (χ3n) is 4.60. The smallest absolute Gasteiger partial charge is 0.120 e. The van der Waals surface area contributed by atoms with Crippen molar-refractivity contribution in [2.75, 3.05) is 19.7 Å². The number of piperidine rings is 1. The number of hydrogen-bond acceptors (Lipinski definition) is 3. The van der Waals surface area contributed by atoms with Gasteiger partial charge in [-0.2, -0.15) is 5.26 Å². The van der Waals surface area contributed by atoms with Crippen LogP contribution in [0.25, 0.3) is 0 Å². The molecule has 2 rings (SSSR count). The lowest BCUT2D eigenvalue weighted by molar-refractivity contribution is 0.0307. The number of aliphatic hydroxyl groups is 1. The maximum Gasteiger partial charge on any atom is 0.120 e. The molecule has 0 aromatic carbocycles. The van der Waals surface area contributed by atoms with Gasteiger partial charge < -0.3 is 9.67 Å². The van der Waals surface area contributed by atoms with E-state index < -0.39 is 0 Å². The average molecular weight is 301 g/mol. The number of allylic oxidation sites excluding steroid dienone is 2. The third-order valence-corrected chi connectivity index (χ3v) is 4.60. The molecule has 0 amide bonds. The number of aliphatic hydroxyl groups excluding tert-OH is 1.